The van der Waals surface area contributed by atoms with Crippen molar-refractivity contribution < 1.29 is 0 Å². The topological polar surface area (TPSA) is 37.1 Å². The van der Waals surface area contributed by atoms with E-state index in [1.165, 1.54) is 38.9 Å². The third-order valence-electron chi connectivity index (χ3n) is 6.35. The van der Waals surface area contributed by atoms with Gasteiger partial charge in [-0.2, -0.15) is 0 Å². The standard InChI is InChI=1S/C30H33N3/c1-17-13-19(3)27(20(4)14-17)31-23(7)29-25-11-9-10-12-26(25)30(33-29)24(8)32-28-21(5)15-18(2)16-22(28)6/h9-16,29H,1-8H3. The lowest BCUT2D eigenvalue weighted by atomic mass is 9.97. The molecule has 3 heteroatoms. The van der Waals surface area contributed by atoms with Crippen LogP contribution >= 0.6 is 0 Å². The summed E-state index contributed by atoms with van der Waals surface area (Å²) in [6, 6.07) is 17.1. The summed E-state index contributed by atoms with van der Waals surface area (Å²) in [6.45, 7) is 16.9. The second-order valence-corrected chi connectivity index (χ2v) is 9.41. The summed E-state index contributed by atoms with van der Waals surface area (Å²) in [5.74, 6) is 0. The fourth-order valence-corrected chi connectivity index (χ4v) is 4.98. The number of aryl methyl sites for hydroxylation is 6. The van der Waals surface area contributed by atoms with Gasteiger partial charge in [0.2, 0.25) is 0 Å². The van der Waals surface area contributed by atoms with Gasteiger partial charge in [0.1, 0.15) is 6.04 Å². The molecule has 0 saturated heterocycles. The number of benzene rings is 3. The van der Waals surface area contributed by atoms with Gasteiger partial charge in [-0.3, -0.25) is 15.0 Å². The van der Waals surface area contributed by atoms with E-state index in [-0.39, 0.29) is 6.04 Å². The molecular weight excluding hydrogens is 402 g/mol. The Kier molecular flexibility index (Phi) is 6.16. The van der Waals surface area contributed by atoms with Gasteiger partial charge in [-0.25, -0.2) is 0 Å². The average Bonchev–Trinajstić information content (AvgIpc) is 3.13. The summed E-state index contributed by atoms with van der Waals surface area (Å²) in [4.78, 5) is 15.3. The number of hydrogen-bond acceptors (Lipinski definition) is 3. The van der Waals surface area contributed by atoms with Gasteiger partial charge >= 0.3 is 0 Å². The van der Waals surface area contributed by atoms with Crippen LogP contribution in [0.1, 0.15) is 64.4 Å². The highest BCUT2D eigenvalue weighted by atomic mass is 14.9. The Hall–Kier alpha value is -3.33. The first-order valence-electron chi connectivity index (χ1n) is 11.6. The second kappa shape index (κ2) is 8.90. The molecule has 0 saturated carbocycles. The molecule has 0 aliphatic carbocycles. The highest BCUT2D eigenvalue weighted by Crippen LogP contribution is 2.35. The summed E-state index contributed by atoms with van der Waals surface area (Å²) in [6.07, 6.45) is 0. The van der Waals surface area contributed by atoms with Crippen LogP contribution in [0.4, 0.5) is 11.4 Å². The number of aliphatic imine (C=N–C) groups is 3. The predicted octanol–water partition coefficient (Wildman–Crippen LogP) is 7.97. The van der Waals surface area contributed by atoms with E-state index in [0.717, 1.165) is 34.1 Å². The van der Waals surface area contributed by atoms with Crippen LogP contribution < -0.4 is 0 Å². The smallest absolute Gasteiger partial charge is 0.114 e. The van der Waals surface area contributed by atoms with Crippen molar-refractivity contribution in [1.82, 2.24) is 0 Å². The largest absolute Gasteiger partial charge is 0.269 e. The molecular formula is C30H33N3. The van der Waals surface area contributed by atoms with E-state index in [9.17, 15) is 0 Å². The van der Waals surface area contributed by atoms with Crippen LogP contribution in [0.2, 0.25) is 0 Å². The van der Waals surface area contributed by atoms with Gasteiger partial charge < -0.3 is 0 Å². The monoisotopic (exact) mass is 435 g/mol. The predicted molar refractivity (Wildman–Crippen MR) is 143 cm³/mol. The maximum Gasteiger partial charge on any atom is 0.114 e. The molecule has 4 rings (SSSR count). The molecule has 0 fully saturated rings. The number of fused-ring (bicyclic) bond motifs is 1. The van der Waals surface area contributed by atoms with Crippen molar-refractivity contribution >= 4 is 28.5 Å². The molecule has 0 spiro atoms. The Morgan fingerprint density at radius 2 is 1.18 bits per heavy atom. The number of nitrogens with zero attached hydrogens (tertiary/aromatic N) is 3. The Bertz CT molecular complexity index is 1290. The quantitative estimate of drug-likeness (QED) is 0.373. The van der Waals surface area contributed by atoms with Crippen molar-refractivity contribution in [1.29, 1.82) is 0 Å². The molecule has 1 unspecified atom stereocenters. The van der Waals surface area contributed by atoms with Crippen molar-refractivity contribution in [3.63, 3.8) is 0 Å². The molecule has 0 bridgehead atoms. The molecule has 1 aliphatic rings. The molecule has 168 valence electrons. The van der Waals surface area contributed by atoms with Crippen molar-refractivity contribution in [3.05, 3.63) is 93.0 Å². The van der Waals surface area contributed by atoms with Crippen LogP contribution in [0.25, 0.3) is 0 Å². The van der Waals surface area contributed by atoms with Crippen molar-refractivity contribution in [2.75, 3.05) is 0 Å². The van der Waals surface area contributed by atoms with Gasteiger partial charge in [-0.1, -0.05) is 59.7 Å². The lowest BCUT2D eigenvalue weighted by Gasteiger charge is -2.12. The lowest BCUT2D eigenvalue weighted by Crippen LogP contribution is -2.10. The zero-order valence-electron chi connectivity index (χ0n) is 21.0. The summed E-state index contributed by atoms with van der Waals surface area (Å²) >= 11 is 0. The van der Waals surface area contributed by atoms with Crippen molar-refractivity contribution in [3.8, 4) is 0 Å². The van der Waals surface area contributed by atoms with Gasteiger partial charge in [0, 0.05) is 11.3 Å². The highest BCUT2D eigenvalue weighted by molar-refractivity contribution is 6.49. The molecule has 33 heavy (non-hydrogen) atoms. The molecule has 0 radical (unpaired) electrons. The maximum atomic E-state index is 5.16. The minimum atomic E-state index is -0.0957. The average molecular weight is 436 g/mol. The summed E-state index contributed by atoms with van der Waals surface area (Å²) in [5.41, 5.74) is 14.7. The molecule has 1 atom stereocenters. The molecule has 3 aromatic carbocycles. The van der Waals surface area contributed by atoms with Gasteiger partial charge in [0.05, 0.1) is 22.8 Å². The van der Waals surface area contributed by atoms with Gasteiger partial charge in [-0.15, -0.1) is 0 Å². The Morgan fingerprint density at radius 3 is 1.73 bits per heavy atom. The molecule has 0 N–H and O–H groups in total. The normalized spacial score (nSPS) is 16.1. The van der Waals surface area contributed by atoms with E-state index < -0.39 is 0 Å². The van der Waals surface area contributed by atoms with Crippen molar-refractivity contribution in [2.45, 2.75) is 61.4 Å². The van der Waals surface area contributed by atoms with E-state index in [0.29, 0.717) is 0 Å². The van der Waals surface area contributed by atoms with E-state index in [2.05, 4.69) is 104 Å². The third-order valence-corrected chi connectivity index (χ3v) is 6.35. The first-order valence-corrected chi connectivity index (χ1v) is 11.6. The molecule has 0 amide bonds. The number of rotatable bonds is 4. The van der Waals surface area contributed by atoms with E-state index in [1.54, 1.807) is 0 Å². The van der Waals surface area contributed by atoms with E-state index in [4.69, 9.17) is 15.0 Å². The first-order chi connectivity index (χ1) is 15.7. The molecule has 3 aromatic rings. The summed E-state index contributed by atoms with van der Waals surface area (Å²) < 4.78 is 0. The zero-order chi connectivity index (χ0) is 23.9. The molecule has 0 aromatic heterocycles. The second-order valence-electron chi connectivity index (χ2n) is 9.41. The SMILES string of the molecule is CC(=Nc1c(C)cc(C)cc1C)C1=NC(C(C)=Nc2c(C)cc(C)cc2C)c2ccccc21. The third kappa shape index (κ3) is 4.45. The van der Waals surface area contributed by atoms with Gasteiger partial charge in [-0.05, 0) is 83.2 Å². The first kappa shape index (κ1) is 22.8. The summed E-state index contributed by atoms with van der Waals surface area (Å²) in [7, 11) is 0. The molecule has 1 aliphatic heterocycles. The minimum Gasteiger partial charge on any atom is -0.269 e. The Balaban J connectivity index is 1.79. The van der Waals surface area contributed by atoms with Gasteiger partial charge in [0.15, 0.2) is 0 Å². The summed E-state index contributed by atoms with van der Waals surface area (Å²) in [5, 5.41) is 0. The van der Waals surface area contributed by atoms with Crippen molar-refractivity contribution in [2.24, 2.45) is 15.0 Å². The van der Waals surface area contributed by atoms with Crippen LogP contribution in [-0.4, -0.2) is 17.1 Å². The van der Waals surface area contributed by atoms with Crippen LogP contribution in [0.5, 0.6) is 0 Å². The van der Waals surface area contributed by atoms with E-state index in [1.807, 2.05) is 0 Å². The molecule has 1 heterocycles. The fourth-order valence-electron chi connectivity index (χ4n) is 4.98. The van der Waals surface area contributed by atoms with E-state index >= 15 is 0 Å². The zero-order valence-corrected chi connectivity index (χ0v) is 21.0. The van der Waals surface area contributed by atoms with Crippen LogP contribution in [-0.2, 0) is 0 Å². The van der Waals surface area contributed by atoms with Crippen LogP contribution in [0, 0.1) is 41.5 Å². The van der Waals surface area contributed by atoms with Gasteiger partial charge in [0.25, 0.3) is 0 Å². The Labute approximate surface area is 198 Å². The van der Waals surface area contributed by atoms with Crippen LogP contribution in [0.15, 0.2) is 63.5 Å². The fraction of sp³-hybridized carbons (Fsp3) is 0.300. The van der Waals surface area contributed by atoms with Crippen LogP contribution in [0.3, 0.4) is 0 Å². The maximum absolute atomic E-state index is 5.16. The number of hydrogen-bond donors (Lipinski definition) is 0. The Morgan fingerprint density at radius 1 is 0.697 bits per heavy atom. The minimum absolute atomic E-state index is 0.0957. The molecule has 3 nitrogen and oxygen atoms in total. The highest BCUT2D eigenvalue weighted by Gasteiger charge is 2.28. The lowest BCUT2D eigenvalue weighted by molar-refractivity contribution is 0.982.